The van der Waals surface area contributed by atoms with Crippen LogP contribution < -0.4 is 0 Å². The largest absolute Gasteiger partial charge is 0.463 e. The second kappa shape index (κ2) is 5.95. The van der Waals surface area contributed by atoms with Gasteiger partial charge in [0, 0.05) is 0 Å². The summed E-state index contributed by atoms with van der Waals surface area (Å²) in [6.07, 6.45) is -0.909. The van der Waals surface area contributed by atoms with Crippen LogP contribution in [0.2, 0.25) is 0 Å². The third kappa shape index (κ3) is 7.75. The Morgan fingerprint density at radius 1 is 1.31 bits per heavy atom. The molecule has 0 heterocycles. The van der Waals surface area contributed by atoms with E-state index in [0.717, 1.165) is 0 Å². The van der Waals surface area contributed by atoms with Crippen LogP contribution in [0.1, 0.15) is 40.5 Å². The van der Waals surface area contributed by atoms with Crippen LogP contribution in [0.4, 0.5) is 4.39 Å². The van der Waals surface area contributed by atoms with E-state index in [1.165, 1.54) is 0 Å². The summed E-state index contributed by atoms with van der Waals surface area (Å²) in [5, 5.41) is 0. The van der Waals surface area contributed by atoms with Crippen LogP contribution in [0.25, 0.3) is 0 Å². The molecule has 0 spiro atoms. The number of alkyl halides is 1. The molecular weight excluding hydrogens is 171 g/mol. The molecule has 1 atom stereocenters. The van der Waals surface area contributed by atoms with Gasteiger partial charge in [-0.1, -0.05) is 13.8 Å². The number of hydrogen-bond acceptors (Lipinski definition) is 2. The molecule has 0 aromatic rings. The zero-order valence-corrected chi connectivity index (χ0v) is 8.84. The van der Waals surface area contributed by atoms with Crippen molar-refractivity contribution in [2.75, 3.05) is 0 Å². The van der Waals surface area contributed by atoms with Gasteiger partial charge in [-0.15, -0.1) is 0 Å². The highest BCUT2D eigenvalue weighted by molar-refractivity contribution is 5.70. The lowest BCUT2D eigenvalue weighted by Crippen LogP contribution is -2.17. The second-order valence-corrected chi connectivity index (χ2v) is 3.97. The van der Waals surface area contributed by atoms with E-state index in [2.05, 4.69) is 0 Å². The van der Waals surface area contributed by atoms with Gasteiger partial charge in [-0.3, -0.25) is 4.79 Å². The van der Waals surface area contributed by atoms with Crippen LogP contribution >= 0.6 is 0 Å². The molecule has 0 aliphatic rings. The highest BCUT2D eigenvalue weighted by Gasteiger charge is 2.15. The van der Waals surface area contributed by atoms with Crippen molar-refractivity contribution in [2.45, 2.75) is 52.8 Å². The predicted octanol–water partition coefficient (Wildman–Crippen LogP) is 2.71. The minimum Gasteiger partial charge on any atom is -0.463 e. The lowest BCUT2D eigenvalue weighted by Gasteiger charge is -2.11. The number of carbonyl (C=O) groups is 1. The highest BCUT2D eigenvalue weighted by atomic mass is 19.1. The fourth-order valence-corrected chi connectivity index (χ4v) is 1.09. The summed E-state index contributed by atoms with van der Waals surface area (Å²) in [5.74, 6) is -0.162. The molecule has 0 saturated heterocycles. The Balaban J connectivity index is 3.65. The van der Waals surface area contributed by atoms with E-state index >= 15 is 0 Å². The smallest absolute Gasteiger partial charge is 0.308 e. The molecule has 0 aliphatic heterocycles. The first-order valence-electron chi connectivity index (χ1n) is 4.75. The molecule has 0 fully saturated rings. The summed E-state index contributed by atoms with van der Waals surface area (Å²) in [5.41, 5.74) is 0. The number of hydrogen-bond donors (Lipinski definition) is 0. The molecule has 0 unspecified atom stereocenters. The highest BCUT2D eigenvalue weighted by Crippen LogP contribution is 2.12. The lowest BCUT2D eigenvalue weighted by molar-refractivity contribution is -0.148. The standard InChI is InChI=1S/C10H19FO2/c1-7(2)5-9(11)6-10(12)13-8(3)4/h7-9H,5-6H2,1-4H3/t9-/m1/s1. The topological polar surface area (TPSA) is 26.3 Å². The Morgan fingerprint density at radius 2 is 1.85 bits per heavy atom. The Hall–Kier alpha value is -0.600. The van der Waals surface area contributed by atoms with Gasteiger partial charge in [-0.05, 0) is 26.2 Å². The van der Waals surface area contributed by atoms with E-state index in [9.17, 15) is 9.18 Å². The first kappa shape index (κ1) is 12.4. The molecule has 0 amide bonds. The first-order valence-corrected chi connectivity index (χ1v) is 4.75. The van der Waals surface area contributed by atoms with Crippen molar-refractivity contribution in [3.63, 3.8) is 0 Å². The SMILES string of the molecule is CC(C)C[C@@H](F)CC(=O)OC(C)C. The predicted molar refractivity (Wildman–Crippen MR) is 50.2 cm³/mol. The zero-order chi connectivity index (χ0) is 10.4. The average Bonchev–Trinajstić information content (AvgIpc) is 1.80. The van der Waals surface area contributed by atoms with Gasteiger partial charge < -0.3 is 4.74 Å². The van der Waals surface area contributed by atoms with Crippen LogP contribution in [0.15, 0.2) is 0 Å². The molecule has 0 rings (SSSR count). The summed E-state index contributed by atoms with van der Waals surface area (Å²) in [7, 11) is 0. The van der Waals surface area contributed by atoms with E-state index in [-0.39, 0.29) is 18.4 Å². The molecule has 0 N–H and O–H groups in total. The molecule has 0 radical (unpaired) electrons. The van der Waals surface area contributed by atoms with Crippen molar-refractivity contribution in [3.05, 3.63) is 0 Å². The summed E-state index contributed by atoms with van der Waals surface area (Å²) in [4.78, 5) is 11.0. The van der Waals surface area contributed by atoms with Crippen molar-refractivity contribution in [1.29, 1.82) is 0 Å². The molecule has 3 heteroatoms. The van der Waals surface area contributed by atoms with Gasteiger partial charge in [0.25, 0.3) is 0 Å². The van der Waals surface area contributed by atoms with Crippen LogP contribution in [0.5, 0.6) is 0 Å². The van der Waals surface area contributed by atoms with E-state index in [1.54, 1.807) is 13.8 Å². The summed E-state index contributed by atoms with van der Waals surface area (Å²) in [6, 6.07) is 0. The molecule has 78 valence electrons. The average molecular weight is 190 g/mol. The Kier molecular flexibility index (Phi) is 5.67. The molecule has 13 heavy (non-hydrogen) atoms. The summed E-state index contributed by atoms with van der Waals surface area (Å²) >= 11 is 0. The van der Waals surface area contributed by atoms with E-state index in [0.29, 0.717) is 6.42 Å². The molecule has 0 aliphatic carbocycles. The Morgan fingerprint density at radius 3 is 2.23 bits per heavy atom. The van der Waals surface area contributed by atoms with Crippen LogP contribution in [-0.2, 0) is 9.53 Å². The molecule has 0 saturated carbocycles. The number of carbonyl (C=O) groups excluding carboxylic acids is 1. The molecule has 0 bridgehead atoms. The number of halogens is 1. The van der Waals surface area contributed by atoms with Gasteiger partial charge in [0.15, 0.2) is 0 Å². The van der Waals surface area contributed by atoms with Gasteiger partial charge in [0.2, 0.25) is 0 Å². The fraction of sp³-hybridized carbons (Fsp3) is 0.900. The minimum atomic E-state index is -1.06. The Bertz CT molecular complexity index is 155. The third-order valence-electron chi connectivity index (χ3n) is 1.48. The van der Waals surface area contributed by atoms with E-state index in [1.807, 2.05) is 13.8 Å². The summed E-state index contributed by atoms with van der Waals surface area (Å²) in [6.45, 7) is 7.38. The molecule has 0 aromatic heterocycles. The molecule has 0 aromatic carbocycles. The number of rotatable bonds is 5. The van der Waals surface area contributed by atoms with Gasteiger partial charge >= 0.3 is 5.97 Å². The van der Waals surface area contributed by atoms with E-state index in [4.69, 9.17) is 4.74 Å². The summed E-state index contributed by atoms with van der Waals surface area (Å²) < 4.78 is 17.9. The van der Waals surface area contributed by atoms with Crippen LogP contribution in [0, 0.1) is 5.92 Å². The van der Waals surface area contributed by atoms with Crippen molar-refractivity contribution in [3.8, 4) is 0 Å². The number of ether oxygens (including phenoxy) is 1. The maximum Gasteiger partial charge on any atom is 0.308 e. The first-order chi connectivity index (χ1) is 5.91. The van der Waals surface area contributed by atoms with Gasteiger partial charge in [0.1, 0.15) is 6.17 Å². The van der Waals surface area contributed by atoms with Crippen molar-refractivity contribution in [1.82, 2.24) is 0 Å². The van der Waals surface area contributed by atoms with Gasteiger partial charge in [-0.2, -0.15) is 0 Å². The maximum atomic E-state index is 13.1. The van der Waals surface area contributed by atoms with Crippen LogP contribution in [-0.4, -0.2) is 18.2 Å². The fourth-order valence-electron chi connectivity index (χ4n) is 1.09. The van der Waals surface area contributed by atoms with Crippen molar-refractivity contribution < 1.29 is 13.9 Å². The second-order valence-electron chi connectivity index (χ2n) is 3.97. The third-order valence-corrected chi connectivity index (χ3v) is 1.48. The monoisotopic (exact) mass is 190 g/mol. The Labute approximate surface area is 79.5 Å². The van der Waals surface area contributed by atoms with E-state index < -0.39 is 12.1 Å². The molecule has 2 nitrogen and oxygen atoms in total. The number of esters is 1. The van der Waals surface area contributed by atoms with Crippen molar-refractivity contribution >= 4 is 5.97 Å². The normalized spacial score (nSPS) is 13.5. The quantitative estimate of drug-likeness (QED) is 0.623. The lowest BCUT2D eigenvalue weighted by atomic mass is 10.1. The zero-order valence-electron chi connectivity index (χ0n) is 8.84. The maximum absolute atomic E-state index is 13.1. The van der Waals surface area contributed by atoms with Gasteiger partial charge in [-0.25, -0.2) is 4.39 Å². The van der Waals surface area contributed by atoms with Crippen molar-refractivity contribution in [2.24, 2.45) is 5.92 Å². The molecular formula is C10H19FO2. The minimum absolute atomic E-state index is 0.115. The van der Waals surface area contributed by atoms with Crippen LogP contribution in [0.3, 0.4) is 0 Å². The van der Waals surface area contributed by atoms with Gasteiger partial charge in [0.05, 0.1) is 12.5 Å².